The molecule has 0 radical (unpaired) electrons. The van der Waals surface area contributed by atoms with Crippen LogP contribution in [0.3, 0.4) is 0 Å². The molecule has 1 heterocycles. The lowest BCUT2D eigenvalue weighted by Gasteiger charge is -2.13. The number of aromatic nitrogens is 2. The van der Waals surface area contributed by atoms with E-state index in [2.05, 4.69) is 5.32 Å². The van der Waals surface area contributed by atoms with E-state index in [0.717, 1.165) is 15.7 Å². The highest BCUT2D eigenvalue weighted by Crippen LogP contribution is 2.28. The Morgan fingerprint density at radius 3 is 2.52 bits per heavy atom. The third-order valence-corrected chi connectivity index (χ3v) is 4.95. The summed E-state index contributed by atoms with van der Waals surface area (Å²) in [6.45, 7) is 2.04. The van der Waals surface area contributed by atoms with E-state index >= 15 is 0 Å². The van der Waals surface area contributed by atoms with Crippen LogP contribution in [0.15, 0.2) is 64.3 Å². The van der Waals surface area contributed by atoms with Crippen molar-refractivity contribution in [3.05, 3.63) is 92.3 Å². The van der Waals surface area contributed by atoms with Crippen molar-refractivity contribution in [2.24, 2.45) is 0 Å². The molecule has 3 rings (SSSR count). The van der Waals surface area contributed by atoms with Crippen molar-refractivity contribution in [1.82, 2.24) is 14.5 Å². The van der Waals surface area contributed by atoms with E-state index in [-0.39, 0.29) is 18.7 Å². The molecule has 0 bridgehead atoms. The molecule has 1 N–H and O–H groups in total. The summed E-state index contributed by atoms with van der Waals surface area (Å²) in [5, 5.41) is 11.8. The van der Waals surface area contributed by atoms with E-state index in [1.54, 1.807) is 31.2 Å². The fraction of sp³-hybridized carbons (Fsp3) is 0.250. The van der Waals surface area contributed by atoms with E-state index in [1.807, 2.05) is 30.3 Å². The first kappa shape index (κ1) is 23.3. The van der Waals surface area contributed by atoms with Crippen LogP contribution in [0.4, 0.5) is 0 Å². The Bertz CT molecular complexity index is 1290. The van der Waals surface area contributed by atoms with Crippen LogP contribution in [0.2, 0.25) is 0 Å². The Balaban J connectivity index is 1.66. The van der Waals surface area contributed by atoms with Crippen LogP contribution in [-0.2, 0) is 31.0 Å². The van der Waals surface area contributed by atoms with Gasteiger partial charge in [0.2, 0.25) is 5.91 Å². The number of nitriles is 1. The lowest BCUT2D eigenvalue weighted by atomic mass is 10.2. The molecule has 9 nitrogen and oxygen atoms in total. The molecule has 0 spiro atoms. The minimum atomic E-state index is -0.788. The Morgan fingerprint density at radius 2 is 1.85 bits per heavy atom. The number of methoxy groups -OCH3 is 1. The minimum absolute atomic E-state index is 0.156. The number of carbonyl (C=O) groups is 1. The van der Waals surface area contributed by atoms with Crippen molar-refractivity contribution in [2.45, 2.75) is 33.2 Å². The topological polar surface area (TPSA) is 115 Å². The van der Waals surface area contributed by atoms with E-state index in [0.29, 0.717) is 18.1 Å². The number of hydrogen-bond acceptors (Lipinski definition) is 6. The van der Waals surface area contributed by atoms with Gasteiger partial charge >= 0.3 is 5.69 Å². The molecule has 3 aromatic rings. The van der Waals surface area contributed by atoms with Crippen molar-refractivity contribution < 1.29 is 14.3 Å². The summed E-state index contributed by atoms with van der Waals surface area (Å²) in [5.41, 5.74) is 0.146. The molecule has 33 heavy (non-hydrogen) atoms. The number of nitrogens with one attached hydrogen (secondary N) is 1. The lowest BCUT2D eigenvalue weighted by molar-refractivity contribution is -0.121. The molecule has 1 amide bonds. The second kappa shape index (κ2) is 10.8. The highest BCUT2D eigenvalue weighted by atomic mass is 16.5. The zero-order chi connectivity index (χ0) is 23.8. The average Bonchev–Trinajstić information content (AvgIpc) is 2.85. The number of benzene rings is 2. The summed E-state index contributed by atoms with van der Waals surface area (Å²) >= 11 is 0. The zero-order valence-corrected chi connectivity index (χ0v) is 18.4. The molecule has 0 aliphatic carbocycles. The van der Waals surface area contributed by atoms with Crippen LogP contribution in [0.5, 0.6) is 11.5 Å². The first-order chi connectivity index (χ1) is 16.0. The summed E-state index contributed by atoms with van der Waals surface area (Å²) in [5.74, 6) is 0.549. The smallest absolute Gasteiger partial charge is 0.331 e. The lowest BCUT2D eigenvalue weighted by Crippen LogP contribution is -2.44. The van der Waals surface area contributed by atoms with Gasteiger partial charge in [0.15, 0.2) is 11.5 Å². The second-order valence-corrected chi connectivity index (χ2v) is 7.15. The maximum Gasteiger partial charge on any atom is 0.331 e. The van der Waals surface area contributed by atoms with Crippen molar-refractivity contribution in [3.8, 4) is 17.6 Å². The summed E-state index contributed by atoms with van der Waals surface area (Å²) < 4.78 is 13.2. The largest absolute Gasteiger partial charge is 0.493 e. The van der Waals surface area contributed by atoms with Crippen molar-refractivity contribution in [1.29, 1.82) is 5.26 Å². The van der Waals surface area contributed by atoms with Gasteiger partial charge in [-0.2, -0.15) is 5.26 Å². The van der Waals surface area contributed by atoms with E-state index in [1.165, 1.54) is 17.9 Å². The fourth-order valence-electron chi connectivity index (χ4n) is 3.17. The van der Waals surface area contributed by atoms with Crippen molar-refractivity contribution in [2.75, 3.05) is 7.11 Å². The molecule has 0 aliphatic heterocycles. The Kier molecular flexibility index (Phi) is 7.65. The molecule has 9 heteroatoms. The maximum absolute atomic E-state index is 12.4. The van der Waals surface area contributed by atoms with Gasteiger partial charge in [-0.05, 0) is 30.2 Å². The van der Waals surface area contributed by atoms with Crippen LogP contribution in [-0.4, -0.2) is 22.2 Å². The van der Waals surface area contributed by atoms with E-state index < -0.39 is 23.7 Å². The SMILES string of the molecule is CCn1cc(C#N)c(=O)n(CC(=O)NCc2ccc(OCc3ccccc3)c(OC)c2)c1=O. The van der Waals surface area contributed by atoms with Crippen LogP contribution >= 0.6 is 0 Å². The van der Waals surface area contributed by atoms with Gasteiger partial charge in [0.25, 0.3) is 5.56 Å². The molecule has 1 aromatic heterocycles. The van der Waals surface area contributed by atoms with Gasteiger partial charge in [0, 0.05) is 19.3 Å². The summed E-state index contributed by atoms with van der Waals surface area (Å²) in [7, 11) is 1.53. The van der Waals surface area contributed by atoms with Crippen molar-refractivity contribution in [3.63, 3.8) is 0 Å². The highest BCUT2D eigenvalue weighted by Gasteiger charge is 2.14. The van der Waals surface area contributed by atoms with Gasteiger partial charge in [-0.3, -0.25) is 14.2 Å². The van der Waals surface area contributed by atoms with Crippen LogP contribution in [0.25, 0.3) is 0 Å². The first-order valence-corrected chi connectivity index (χ1v) is 10.3. The number of nitrogens with zero attached hydrogens (tertiary/aromatic N) is 3. The molecule has 0 fully saturated rings. The Morgan fingerprint density at radius 1 is 1.09 bits per heavy atom. The molecule has 0 saturated carbocycles. The predicted molar refractivity (Wildman–Crippen MR) is 121 cm³/mol. The van der Waals surface area contributed by atoms with Crippen LogP contribution < -0.4 is 26.0 Å². The number of aryl methyl sites for hydroxylation is 1. The average molecular weight is 448 g/mol. The second-order valence-electron chi connectivity index (χ2n) is 7.15. The molecule has 2 aromatic carbocycles. The highest BCUT2D eigenvalue weighted by molar-refractivity contribution is 5.75. The first-order valence-electron chi connectivity index (χ1n) is 10.3. The fourth-order valence-corrected chi connectivity index (χ4v) is 3.17. The van der Waals surface area contributed by atoms with Gasteiger partial charge in [-0.15, -0.1) is 0 Å². The minimum Gasteiger partial charge on any atom is -0.493 e. The molecule has 0 atom stereocenters. The molecular formula is C24H24N4O5. The zero-order valence-electron chi connectivity index (χ0n) is 18.4. The summed E-state index contributed by atoms with van der Waals surface area (Å²) in [4.78, 5) is 37.1. The van der Waals surface area contributed by atoms with Crippen LogP contribution in [0.1, 0.15) is 23.6 Å². The number of rotatable bonds is 9. The summed E-state index contributed by atoms with van der Waals surface area (Å²) in [6, 6.07) is 16.8. The normalized spacial score (nSPS) is 10.3. The number of ether oxygens (including phenoxy) is 2. The van der Waals surface area contributed by atoms with Gasteiger partial charge < -0.3 is 14.8 Å². The van der Waals surface area contributed by atoms with Gasteiger partial charge in [-0.1, -0.05) is 36.4 Å². The van der Waals surface area contributed by atoms with Crippen LogP contribution in [0, 0.1) is 11.3 Å². The molecule has 170 valence electrons. The standard InChI is InChI=1S/C24H24N4O5/c1-3-27-14-19(12-25)23(30)28(24(27)31)15-22(29)26-13-18-9-10-20(21(11-18)32-2)33-16-17-7-5-4-6-8-17/h4-11,14H,3,13,15-16H2,1-2H3,(H,26,29). The third kappa shape index (κ3) is 5.68. The number of hydrogen-bond donors (Lipinski definition) is 1. The van der Waals surface area contributed by atoms with Gasteiger partial charge in [0.05, 0.1) is 7.11 Å². The third-order valence-electron chi connectivity index (χ3n) is 4.95. The molecule has 0 saturated heterocycles. The van der Waals surface area contributed by atoms with E-state index in [9.17, 15) is 14.4 Å². The van der Waals surface area contributed by atoms with Gasteiger partial charge in [-0.25, -0.2) is 9.36 Å². The Labute approximate surface area is 190 Å². The van der Waals surface area contributed by atoms with Crippen molar-refractivity contribution >= 4 is 5.91 Å². The Hall–Kier alpha value is -4.32. The molecule has 0 unspecified atom stereocenters. The monoisotopic (exact) mass is 448 g/mol. The maximum atomic E-state index is 12.4. The number of carbonyl (C=O) groups excluding carboxylic acids is 1. The molecular weight excluding hydrogens is 424 g/mol. The van der Waals surface area contributed by atoms with E-state index in [4.69, 9.17) is 14.7 Å². The van der Waals surface area contributed by atoms with Gasteiger partial charge in [0.1, 0.15) is 24.8 Å². The molecule has 0 aliphatic rings. The predicted octanol–water partition coefficient (Wildman–Crippen LogP) is 1.81. The number of amides is 1. The summed E-state index contributed by atoms with van der Waals surface area (Å²) in [6.07, 6.45) is 1.20. The quantitative estimate of drug-likeness (QED) is 0.534.